The first kappa shape index (κ1) is 16.3. The van der Waals surface area contributed by atoms with Gasteiger partial charge in [-0.1, -0.05) is 24.6 Å². The molecule has 1 saturated heterocycles. The summed E-state index contributed by atoms with van der Waals surface area (Å²) in [5, 5.41) is 12.7. The van der Waals surface area contributed by atoms with Gasteiger partial charge in [0.2, 0.25) is 0 Å². The molecule has 5 aliphatic rings. The SMILES string of the molecule is CC12CCC(=NO)C=C1CCC1C2CCC2(C)C1CCC21OCCO1. The Morgan fingerprint density at radius 3 is 2.52 bits per heavy atom. The average molecular weight is 345 g/mol. The zero-order valence-corrected chi connectivity index (χ0v) is 15.6. The molecule has 4 heteroatoms. The first-order valence-corrected chi connectivity index (χ1v) is 10.2. The van der Waals surface area contributed by atoms with E-state index in [0.717, 1.165) is 62.4 Å². The number of ether oxygens (including phenoxy) is 2. The molecule has 0 aromatic rings. The monoisotopic (exact) mass is 345 g/mol. The molecular weight excluding hydrogens is 314 g/mol. The topological polar surface area (TPSA) is 51.1 Å². The van der Waals surface area contributed by atoms with Gasteiger partial charge >= 0.3 is 0 Å². The lowest BCUT2D eigenvalue weighted by Gasteiger charge is -2.59. The highest BCUT2D eigenvalue weighted by molar-refractivity contribution is 5.96. The Morgan fingerprint density at radius 2 is 1.76 bits per heavy atom. The van der Waals surface area contributed by atoms with Crippen LogP contribution < -0.4 is 0 Å². The first-order chi connectivity index (χ1) is 12.0. The summed E-state index contributed by atoms with van der Waals surface area (Å²) in [6.45, 7) is 6.48. The Hall–Kier alpha value is -0.870. The lowest BCUT2D eigenvalue weighted by atomic mass is 9.47. The molecular formula is C21H31NO3. The molecule has 4 aliphatic carbocycles. The number of hydrogen-bond donors (Lipinski definition) is 1. The molecule has 0 bridgehead atoms. The molecule has 0 radical (unpaired) electrons. The summed E-state index contributed by atoms with van der Waals surface area (Å²) in [5.74, 6) is 2.00. The summed E-state index contributed by atoms with van der Waals surface area (Å²) < 4.78 is 12.5. The van der Waals surface area contributed by atoms with E-state index in [4.69, 9.17) is 9.47 Å². The molecule has 1 N–H and O–H groups in total. The van der Waals surface area contributed by atoms with Crippen molar-refractivity contribution in [2.45, 2.75) is 71.0 Å². The lowest BCUT2D eigenvalue weighted by molar-refractivity contribution is -0.242. The van der Waals surface area contributed by atoms with Crippen LogP contribution in [0.2, 0.25) is 0 Å². The van der Waals surface area contributed by atoms with Crippen molar-refractivity contribution in [2.24, 2.45) is 33.7 Å². The third-order valence-corrected chi connectivity index (χ3v) is 8.90. The fourth-order valence-electron chi connectivity index (χ4n) is 7.54. The van der Waals surface area contributed by atoms with Gasteiger partial charge in [0, 0.05) is 11.8 Å². The van der Waals surface area contributed by atoms with Gasteiger partial charge in [-0.2, -0.15) is 0 Å². The predicted octanol–water partition coefficient (Wildman–Crippen LogP) is 4.52. The molecule has 4 nitrogen and oxygen atoms in total. The highest BCUT2D eigenvalue weighted by Gasteiger charge is 2.66. The van der Waals surface area contributed by atoms with Gasteiger partial charge in [-0.15, -0.1) is 0 Å². The molecule has 1 spiro atoms. The molecule has 0 aromatic carbocycles. The standard InChI is InChI=1S/C21H31NO3/c1-19-8-5-15(22-23)13-14(19)3-4-16-17(19)6-9-20(2)18(16)7-10-21(20)24-11-12-25-21/h13,16-18,23H,3-12H2,1-2H3. The van der Waals surface area contributed by atoms with Crippen molar-refractivity contribution in [3.63, 3.8) is 0 Å². The fraction of sp³-hybridized carbons (Fsp3) is 0.857. The van der Waals surface area contributed by atoms with Crippen molar-refractivity contribution in [3.05, 3.63) is 11.6 Å². The minimum Gasteiger partial charge on any atom is -0.411 e. The van der Waals surface area contributed by atoms with E-state index in [1.807, 2.05) is 0 Å². The summed E-state index contributed by atoms with van der Waals surface area (Å²) in [6, 6.07) is 0. The minimum absolute atomic E-state index is 0.189. The quantitative estimate of drug-likeness (QED) is 0.519. The van der Waals surface area contributed by atoms with Gasteiger partial charge in [0.25, 0.3) is 0 Å². The minimum atomic E-state index is -0.289. The van der Waals surface area contributed by atoms with Crippen LogP contribution in [0.3, 0.4) is 0 Å². The van der Waals surface area contributed by atoms with Gasteiger partial charge in [0.1, 0.15) is 0 Å². The second kappa shape index (κ2) is 5.32. The van der Waals surface area contributed by atoms with Crippen LogP contribution in [0.15, 0.2) is 16.8 Å². The van der Waals surface area contributed by atoms with Crippen molar-refractivity contribution in [1.82, 2.24) is 0 Å². The maximum atomic E-state index is 9.19. The normalized spacial score (nSPS) is 49.6. The average Bonchev–Trinajstić information content (AvgIpc) is 3.21. The van der Waals surface area contributed by atoms with Gasteiger partial charge < -0.3 is 14.7 Å². The molecule has 5 atom stereocenters. The maximum Gasteiger partial charge on any atom is 0.174 e. The van der Waals surface area contributed by atoms with Gasteiger partial charge in [-0.05, 0) is 74.2 Å². The van der Waals surface area contributed by atoms with Crippen LogP contribution in [-0.4, -0.2) is 29.9 Å². The molecule has 3 saturated carbocycles. The maximum absolute atomic E-state index is 9.19. The molecule has 5 rings (SSSR count). The third kappa shape index (κ3) is 1.98. The number of hydrogen-bond acceptors (Lipinski definition) is 4. The highest BCUT2D eigenvalue weighted by atomic mass is 16.7. The fourth-order valence-corrected chi connectivity index (χ4v) is 7.54. The second-order valence-electron chi connectivity index (χ2n) is 9.54. The zero-order valence-electron chi connectivity index (χ0n) is 15.6. The third-order valence-electron chi connectivity index (χ3n) is 8.90. The van der Waals surface area contributed by atoms with Crippen LogP contribution in [0.5, 0.6) is 0 Å². The molecule has 1 heterocycles. The second-order valence-corrected chi connectivity index (χ2v) is 9.54. The van der Waals surface area contributed by atoms with Gasteiger partial charge in [-0.3, -0.25) is 0 Å². The summed E-state index contributed by atoms with van der Waals surface area (Å²) in [6.07, 6.45) is 11.5. The van der Waals surface area contributed by atoms with Crippen molar-refractivity contribution >= 4 is 5.71 Å². The molecule has 0 amide bonds. The Labute approximate surface area is 150 Å². The van der Waals surface area contributed by atoms with Crippen LogP contribution in [0.1, 0.15) is 65.2 Å². The van der Waals surface area contributed by atoms with Gasteiger partial charge in [0.05, 0.1) is 18.9 Å². The van der Waals surface area contributed by atoms with E-state index < -0.39 is 0 Å². The van der Waals surface area contributed by atoms with Crippen LogP contribution >= 0.6 is 0 Å². The smallest absolute Gasteiger partial charge is 0.174 e. The Kier molecular flexibility index (Phi) is 3.47. The van der Waals surface area contributed by atoms with Crippen LogP contribution in [0.4, 0.5) is 0 Å². The van der Waals surface area contributed by atoms with Crippen LogP contribution in [0.25, 0.3) is 0 Å². The summed E-state index contributed by atoms with van der Waals surface area (Å²) in [4.78, 5) is 0. The van der Waals surface area contributed by atoms with Crippen LogP contribution in [0, 0.1) is 28.6 Å². The molecule has 25 heavy (non-hydrogen) atoms. The molecule has 138 valence electrons. The van der Waals surface area contributed by atoms with E-state index in [-0.39, 0.29) is 11.2 Å². The number of fused-ring (bicyclic) bond motifs is 6. The first-order valence-electron chi connectivity index (χ1n) is 10.2. The Balaban J connectivity index is 1.48. The number of oxime groups is 1. The number of nitrogens with zero attached hydrogens (tertiary/aromatic N) is 1. The molecule has 0 aromatic heterocycles. The van der Waals surface area contributed by atoms with E-state index in [2.05, 4.69) is 25.1 Å². The molecule has 4 fully saturated rings. The molecule has 5 unspecified atom stereocenters. The number of rotatable bonds is 0. The van der Waals surface area contributed by atoms with E-state index in [9.17, 15) is 5.21 Å². The highest BCUT2D eigenvalue weighted by Crippen LogP contribution is 2.68. The summed E-state index contributed by atoms with van der Waals surface area (Å²) in [5.41, 5.74) is 2.90. The summed E-state index contributed by atoms with van der Waals surface area (Å²) in [7, 11) is 0. The zero-order chi connectivity index (χ0) is 17.3. The van der Waals surface area contributed by atoms with Crippen molar-refractivity contribution < 1.29 is 14.7 Å². The summed E-state index contributed by atoms with van der Waals surface area (Å²) >= 11 is 0. The van der Waals surface area contributed by atoms with E-state index in [1.165, 1.54) is 31.3 Å². The predicted molar refractivity (Wildman–Crippen MR) is 95.6 cm³/mol. The van der Waals surface area contributed by atoms with E-state index in [1.54, 1.807) is 0 Å². The van der Waals surface area contributed by atoms with Crippen molar-refractivity contribution in [3.8, 4) is 0 Å². The van der Waals surface area contributed by atoms with Gasteiger partial charge in [-0.25, -0.2) is 0 Å². The number of allylic oxidation sites excluding steroid dienone is 2. The van der Waals surface area contributed by atoms with Crippen molar-refractivity contribution in [2.75, 3.05) is 13.2 Å². The van der Waals surface area contributed by atoms with Crippen molar-refractivity contribution in [1.29, 1.82) is 0 Å². The Bertz CT molecular complexity index is 635. The lowest BCUT2D eigenvalue weighted by Crippen LogP contribution is -2.55. The van der Waals surface area contributed by atoms with E-state index in [0.29, 0.717) is 5.41 Å². The van der Waals surface area contributed by atoms with E-state index >= 15 is 0 Å². The molecule has 1 aliphatic heterocycles. The van der Waals surface area contributed by atoms with Crippen LogP contribution in [-0.2, 0) is 9.47 Å². The Morgan fingerprint density at radius 1 is 1.00 bits per heavy atom. The largest absolute Gasteiger partial charge is 0.411 e. The van der Waals surface area contributed by atoms with Gasteiger partial charge in [0.15, 0.2) is 5.79 Å².